The molecule has 29 heavy (non-hydrogen) atoms. The summed E-state index contributed by atoms with van der Waals surface area (Å²) in [5.41, 5.74) is 5.28. The number of carbonyl (C=O) groups is 1. The molecule has 2 aromatic heterocycles. The van der Waals surface area contributed by atoms with Crippen molar-refractivity contribution in [3.8, 4) is 11.5 Å². The second-order valence-corrected chi connectivity index (χ2v) is 7.57. The van der Waals surface area contributed by atoms with E-state index in [9.17, 15) is 4.79 Å². The predicted octanol–water partition coefficient (Wildman–Crippen LogP) is 4.59. The molecule has 6 nitrogen and oxygen atoms in total. The molecule has 6 heteroatoms. The lowest BCUT2D eigenvalue weighted by Crippen LogP contribution is -2.27. The number of amides is 1. The number of carbonyl (C=O) groups excluding carboxylic acids is 1. The fourth-order valence-corrected chi connectivity index (χ4v) is 4.00. The molecule has 0 radical (unpaired) electrons. The number of H-pyrrole nitrogens is 1. The number of aromatic amines is 1. The summed E-state index contributed by atoms with van der Waals surface area (Å²) in [6, 6.07) is 15.1. The van der Waals surface area contributed by atoms with E-state index >= 15 is 0 Å². The Morgan fingerprint density at radius 1 is 1.14 bits per heavy atom. The van der Waals surface area contributed by atoms with Crippen molar-refractivity contribution in [1.29, 1.82) is 0 Å². The molecule has 2 aromatic carbocycles. The largest absolute Gasteiger partial charge is 0.358 e. The molecule has 146 valence electrons. The monoisotopic (exact) mass is 386 g/mol. The Labute approximate surface area is 168 Å². The first-order chi connectivity index (χ1) is 14.2. The van der Waals surface area contributed by atoms with Gasteiger partial charge in [0.1, 0.15) is 0 Å². The SMILES string of the molecule is CC(NC(=O)c1ccc2[nH]c3c(c2c1)CCCC3)c1noc(-c2ccccc2)n1. The molecule has 0 saturated heterocycles. The van der Waals surface area contributed by atoms with Crippen molar-refractivity contribution in [3.63, 3.8) is 0 Å². The molecule has 4 aromatic rings. The summed E-state index contributed by atoms with van der Waals surface area (Å²) < 4.78 is 5.35. The number of rotatable bonds is 4. The van der Waals surface area contributed by atoms with Crippen molar-refractivity contribution in [2.24, 2.45) is 0 Å². The molecule has 1 unspecified atom stereocenters. The average molecular weight is 386 g/mol. The van der Waals surface area contributed by atoms with Crippen LogP contribution in [0.4, 0.5) is 0 Å². The van der Waals surface area contributed by atoms with Crippen molar-refractivity contribution in [2.75, 3.05) is 0 Å². The predicted molar refractivity (Wildman–Crippen MR) is 111 cm³/mol. The van der Waals surface area contributed by atoms with Gasteiger partial charge in [0, 0.05) is 27.7 Å². The number of aryl methyl sites for hydroxylation is 2. The minimum Gasteiger partial charge on any atom is -0.358 e. The Hall–Kier alpha value is -3.41. The third kappa shape index (κ3) is 3.31. The van der Waals surface area contributed by atoms with Crippen LogP contribution in [0, 0.1) is 0 Å². The smallest absolute Gasteiger partial charge is 0.257 e. The van der Waals surface area contributed by atoms with Crippen LogP contribution in [-0.4, -0.2) is 21.0 Å². The van der Waals surface area contributed by atoms with Crippen LogP contribution in [0.25, 0.3) is 22.4 Å². The summed E-state index contributed by atoms with van der Waals surface area (Å²) >= 11 is 0. The summed E-state index contributed by atoms with van der Waals surface area (Å²) in [4.78, 5) is 20.8. The molecule has 0 fully saturated rings. The molecule has 0 aliphatic heterocycles. The zero-order chi connectivity index (χ0) is 19.8. The maximum atomic E-state index is 12.8. The van der Waals surface area contributed by atoms with Gasteiger partial charge in [-0.05, 0) is 68.5 Å². The molecule has 1 aliphatic rings. The summed E-state index contributed by atoms with van der Waals surface area (Å²) in [5.74, 6) is 0.760. The van der Waals surface area contributed by atoms with Crippen LogP contribution in [0.5, 0.6) is 0 Å². The van der Waals surface area contributed by atoms with Gasteiger partial charge in [0.05, 0.1) is 6.04 Å². The van der Waals surface area contributed by atoms with Gasteiger partial charge in [-0.3, -0.25) is 4.79 Å². The number of fused-ring (bicyclic) bond motifs is 3. The Balaban J connectivity index is 1.35. The molecule has 0 spiro atoms. The van der Waals surface area contributed by atoms with Crippen LogP contribution in [0.2, 0.25) is 0 Å². The lowest BCUT2D eigenvalue weighted by molar-refractivity contribution is 0.0938. The fourth-order valence-electron chi connectivity index (χ4n) is 4.00. The first-order valence-corrected chi connectivity index (χ1v) is 10.0. The number of aromatic nitrogens is 3. The first-order valence-electron chi connectivity index (χ1n) is 10.0. The van der Waals surface area contributed by atoms with Crippen molar-refractivity contribution in [2.45, 2.75) is 38.6 Å². The van der Waals surface area contributed by atoms with Gasteiger partial charge < -0.3 is 14.8 Å². The second-order valence-electron chi connectivity index (χ2n) is 7.57. The maximum Gasteiger partial charge on any atom is 0.257 e. The molecule has 2 N–H and O–H groups in total. The number of nitrogens with zero attached hydrogens (tertiary/aromatic N) is 2. The zero-order valence-electron chi connectivity index (χ0n) is 16.2. The van der Waals surface area contributed by atoms with Crippen molar-refractivity contribution in [3.05, 3.63) is 71.2 Å². The Morgan fingerprint density at radius 2 is 1.97 bits per heavy atom. The molecule has 5 rings (SSSR count). The van der Waals surface area contributed by atoms with Gasteiger partial charge in [0.25, 0.3) is 11.8 Å². The van der Waals surface area contributed by atoms with Crippen LogP contribution in [0.1, 0.15) is 53.2 Å². The van der Waals surface area contributed by atoms with Crippen molar-refractivity contribution >= 4 is 16.8 Å². The highest BCUT2D eigenvalue weighted by Gasteiger charge is 2.20. The highest BCUT2D eigenvalue weighted by molar-refractivity contribution is 5.99. The maximum absolute atomic E-state index is 12.8. The van der Waals surface area contributed by atoms with Gasteiger partial charge in [0.15, 0.2) is 5.82 Å². The molecule has 2 heterocycles. The second kappa shape index (κ2) is 7.20. The van der Waals surface area contributed by atoms with Crippen LogP contribution >= 0.6 is 0 Å². The van der Waals surface area contributed by atoms with E-state index in [1.165, 1.54) is 24.1 Å². The zero-order valence-corrected chi connectivity index (χ0v) is 16.2. The van der Waals surface area contributed by atoms with E-state index < -0.39 is 0 Å². The average Bonchev–Trinajstić information content (AvgIpc) is 3.39. The van der Waals surface area contributed by atoms with Gasteiger partial charge in [-0.15, -0.1) is 0 Å². The number of hydrogen-bond donors (Lipinski definition) is 2. The standard InChI is InChI=1S/C23H22N4O2/c1-14(21-26-23(29-27-21)15-7-3-2-4-8-15)24-22(28)16-11-12-20-18(13-16)17-9-5-6-10-19(17)25-20/h2-4,7-8,11-14,25H,5-6,9-10H2,1H3,(H,24,28). The molecule has 1 atom stereocenters. The van der Waals surface area contributed by atoms with E-state index in [0.717, 1.165) is 29.3 Å². The molecular weight excluding hydrogens is 364 g/mol. The van der Waals surface area contributed by atoms with Crippen molar-refractivity contribution < 1.29 is 9.32 Å². The van der Waals surface area contributed by atoms with E-state index in [1.54, 1.807) is 0 Å². The van der Waals surface area contributed by atoms with Gasteiger partial charge in [0.2, 0.25) is 0 Å². The summed E-state index contributed by atoms with van der Waals surface area (Å²) in [7, 11) is 0. The molecule has 1 aliphatic carbocycles. The lowest BCUT2D eigenvalue weighted by Gasteiger charge is -2.11. The normalized spacial score (nSPS) is 14.5. The highest BCUT2D eigenvalue weighted by atomic mass is 16.5. The number of nitrogens with one attached hydrogen (secondary N) is 2. The first kappa shape index (κ1) is 17.7. The van der Waals surface area contributed by atoms with Crippen LogP contribution in [0.15, 0.2) is 53.1 Å². The third-order valence-electron chi connectivity index (χ3n) is 5.56. The summed E-state index contributed by atoms with van der Waals surface area (Å²) in [6.07, 6.45) is 4.58. The fraction of sp³-hybridized carbons (Fsp3) is 0.261. The summed E-state index contributed by atoms with van der Waals surface area (Å²) in [5, 5.41) is 8.17. The van der Waals surface area contributed by atoms with E-state index in [2.05, 4.69) is 20.4 Å². The van der Waals surface area contributed by atoms with Crippen LogP contribution in [-0.2, 0) is 12.8 Å². The molecule has 0 saturated carbocycles. The third-order valence-corrected chi connectivity index (χ3v) is 5.56. The van der Waals surface area contributed by atoms with Crippen LogP contribution < -0.4 is 5.32 Å². The quantitative estimate of drug-likeness (QED) is 0.537. The number of hydrogen-bond acceptors (Lipinski definition) is 4. The number of benzene rings is 2. The Bertz CT molecular complexity index is 1180. The Kier molecular flexibility index (Phi) is 4.39. The van der Waals surface area contributed by atoms with E-state index in [0.29, 0.717) is 17.3 Å². The van der Waals surface area contributed by atoms with Gasteiger partial charge in [-0.25, -0.2) is 0 Å². The highest BCUT2D eigenvalue weighted by Crippen LogP contribution is 2.30. The van der Waals surface area contributed by atoms with E-state index in [-0.39, 0.29) is 11.9 Å². The van der Waals surface area contributed by atoms with Gasteiger partial charge in [-0.1, -0.05) is 23.4 Å². The van der Waals surface area contributed by atoms with Crippen LogP contribution in [0.3, 0.4) is 0 Å². The molecular formula is C23H22N4O2. The minimum absolute atomic E-state index is 0.142. The minimum atomic E-state index is -0.362. The Morgan fingerprint density at radius 3 is 2.83 bits per heavy atom. The topological polar surface area (TPSA) is 83.8 Å². The molecule has 0 bridgehead atoms. The van der Waals surface area contributed by atoms with Gasteiger partial charge >= 0.3 is 0 Å². The summed E-state index contributed by atoms with van der Waals surface area (Å²) in [6.45, 7) is 1.86. The van der Waals surface area contributed by atoms with Gasteiger partial charge in [-0.2, -0.15) is 4.98 Å². The van der Waals surface area contributed by atoms with E-state index in [4.69, 9.17) is 4.52 Å². The van der Waals surface area contributed by atoms with E-state index in [1.807, 2.05) is 55.5 Å². The lowest BCUT2D eigenvalue weighted by atomic mass is 9.95. The van der Waals surface area contributed by atoms with Crippen molar-refractivity contribution in [1.82, 2.24) is 20.4 Å². The molecule has 1 amide bonds.